The largest absolute Gasteiger partial charge is 0.352 e. The van der Waals surface area contributed by atoms with Crippen LogP contribution in [0.25, 0.3) is 0 Å². The molecule has 0 aromatic carbocycles. The average molecular weight is 210 g/mol. The Morgan fingerprint density at radius 1 is 1.33 bits per heavy atom. The summed E-state index contributed by atoms with van der Waals surface area (Å²) in [7, 11) is 0. The maximum absolute atomic E-state index is 11.5. The third kappa shape index (κ3) is 2.17. The molecular formula is C12H22N2O. The van der Waals surface area contributed by atoms with E-state index in [1.807, 2.05) is 0 Å². The number of amides is 1. The lowest BCUT2D eigenvalue weighted by molar-refractivity contribution is -0.123. The topological polar surface area (TPSA) is 55.1 Å². The fourth-order valence-corrected chi connectivity index (χ4v) is 3.37. The minimum Gasteiger partial charge on any atom is -0.352 e. The lowest BCUT2D eigenvalue weighted by atomic mass is 9.84. The van der Waals surface area contributed by atoms with E-state index < -0.39 is 0 Å². The van der Waals surface area contributed by atoms with Crippen molar-refractivity contribution in [1.82, 2.24) is 5.32 Å². The van der Waals surface area contributed by atoms with Crippen LogP contribution in [0.4, 0.5) is 0 Å². The molecule has 5 atom stereocenters. The van der Waals surface area contributed by atoms with Crippen LogP contribution < -0.4 is 11.1 Å². The summed E-state index contributed by atoms with van der Waals surface area (Å²) in [6.07, 6.45) is 5.48. The zero-order valence-electron chi connectivity index (χ0n) is 9.70. The summed E-state index contributed by atoms with van der Waals surface area (Å²) in [6.45, 7) is 3.87. The molecule has 86 valence electrons. The fourth-order valence-electron chi connectivity index (χ4n) is 3.37. The maximum atomic E-state index is 11.5. The SMILES string of the molecule is CC(NC(=O)[C@H](C)N)C1CC2CCC1C2. The van der Waals surface area contributed by atoms with Crippen molar-refractivity contribution in [2.24, 2.45) is 23.5 Å². The van der Waals surface area contributed by atoms with Crippen molar-refractivity contribution in [1.29, 1.82) is 0 Å². The van der Waals surface area contributed by atoms with Gasteiger partial charge in [-0.25, -0.2) is 0 Å². The molecule has 0 saturated heterocycles. The molecule has 0 aromatic heterocycles. The van der Waals surface area contributed by atoms with E-state index in [9.17, 15) is 4.79 Å². The van der Waals surface area contributed by atoms with E-state index in [2.05, 4.69) is 12.2 Å². The van der Waals surface area contributed by atoms with E-state index in [-0.39, 0.29) is 11.9 Å². The van der Waals surface area contributed by atoms with Crippen LogP contribution in [0, 0.1) is 17.8 Å². The summed E-state index contributed by atoms with van der Waals surface area (Å²) < 4.78 is 0. The molecule has 0 aromatic rings. The van der Waals surface area contributed by atoms with Crippen LogP contribution in [0.1, 0.15) is 39.5 Å². The Hall–Kier alpha value is -0.570. The standard InChI is InChI=1S/C12H22N2O/c1-7(13)12(15)14-8(2)11-6-9-3-4-10(11)5-9/h7-11H,3-6,13H2,1-2H3,(H,14,15)/t7-,8?,9?,10?,11?/m0/s1. The highest BCUT2D eigenvalue weighted by molar-refractivity contribution is 5.81. The van der Waals surface area contributed by atoms with Crippen LogP contribution in [-0.2, 0) is 4.79 Å². The number of nitrogens with two attached hydrogens (primary N) is 1. The highest BCUT2D eigenvalue weighted by Crippen LogP contribution is 2.49. The van der Waals surface area contributed by atoms with E-state index in [1.54, 1.807) is 6.92 Å². The van der Waals surface area contributed by atoms with Gasteiger partial charge in [-0.1, -0.05) is 6.42 Å². The van der Waals surface area contributed by atoms with Crippen LogP contribution in [0.5, 0.6) is 0 Å². The molecule has 0 aliphatic heterocycles. The van der Waals surface area contributed by atoms with Crippen molar-refractivity contribution in [3.05, 3.63) is 0 Å². The first kappa shape index (κ1) is 10.9. The van der Waals surface area contributed by atoms with E-state index in [0.29, 0.717) is 12.0 Å². The second kappa shape index (κ2) is 4.12. The fraction of sp³-hybridized carbons (Fsp3) is 0.917. The highest BCUT2D eigenvalue weighted by Gasteiger charge is 2.42. The molecule has 2 bridgehead atoms. The Morgan fingerprint density at radius 2 is 2.07 bits per heavy atom. The predicted molar refractivity (Wildman–Crippen MR) is 60.2 cm³/mol. The molecular weight excluding hydrogens is 188 g/mol. The molecule has 0 spiro atoms. The van der Waals surface area contributed by atoms with Gasteiger partial charge >= 0.3 is 0 Å². The zero-order chi connectivity index (χ0) is 11.0. The molecule has 15 heavy (non-hydrogen) atoms. The lowest BCUT2D eigenvalue weighted by Gasteiger charge is -2.29. The van der Waals surface area contributed by atoms with Crippen LogP contribution in [0.15, 0.2) is 0 Å². The quantitative estimate of drug-likeness (QED) is 0.737. The van der Waals surface area contributed by atoms with Gasteiger partial charge in [-0.3, -0.25) is 4.79 Å². The maximum Gasteiger partial charge on any atom is 0.236 e. The van der Waals surface area contributed by atoms with Crippen LogP contribution in [0.3, 0.4) is 0 Å². The van der Waals surface area contributed by atoms with Crippen molar-refractivity contribution in [3.63, 3.8) is 0 Å². The van der Waals surface area contributed by atoms with Gasteiger partial charge in [-0.2, -0.15) is 0 Å². The van der Waals surface area contributed by atoms with Crippen molar-refractivity contribution in [3.8, 4) is 0 Å². The summed E-state index contributed by atoms with van der Waals surface area (Å²) in [5.41, 5.74) is 5.55. The van der Waals surface area contributed by atoms with Crippen molar-refractivity contribution in [2.75, 3.05) is 0 Å². The number of fused-ring (bicyclic) bond motifs is 2. The minimum absolute atomic E-state index is 0.00901. The van der Waals surface area contributed by atoms with E-state index in [0.717, 1.165) is 11.8 Å². The third-order valence-electron chi connectivity index (χ3n) is 4.22. The van der Waals surface area contributed by atoms with Crippen LogP contribution in [0.2, 0.25) is 0 Å². The minimum atomic E-state index is -0.383. The number of nitrogens with one attached hydrogen (secondary N) is 1. The van der Waals surface area contributed by atoms with Gasteiger partial charge in [0.1, 0.15) is 0 Å². The highest BCUT2D eigenvalue weighted by atomic mass is 16.2. The first-order valence-corrected chi connectivity index (χ1v) is 6.14. The van der Waals surface area contributed by atoms with Gasteiger partial charge in [-0.05, 0) is 50.9 Å². The Kier molecular flexibility index (Phi) is 3.01. The van der Waals surface area contributed by atoms with Crippen molar-refractivity contribution in [2.45, 2.75) is 51.6 Å². The Balaban J connectivity index is 1.86. The smallest absolute Gasteiger partial charge is 0.236 e. The molecule has 0 heterocycles. The van der Waals surface area contributed by atoms with E-state index >= 15 is 0 Å². The van der Waals surface area contributed by atoms with Crippen LogP contribution >= 0.6 is 0 Å². The number of hydrogen-bond donors (Lipinski definition) is 2. The molecule has 2 rings (SSSR count). The second-order valence-electron chi connectivity index (χ2n) is 5.42. The van der Waals surface area contributed by atoms with Gasteiger partial charge in [0.15, 0.2) is 0 Å². The average Bonchev–Trinajstić information content (AvgIpc) is 2.78. The number of hydrogen-bond acceptors (Lipinski definition) is 2. The van der Waals surface area contributed by atoms with Gasteiger partial charge in [0.25, 0.3) is 0 Å². The van der Waals surface area contributed by atoms with Gasteiger partial charge in [0.05, 0.1) is 6.04 Å². The summed E-state index contributed by atoms with van der Waals surface area (Å²) in [4.78, 5) is 11.5. The molecule has 0 radical (unpaired) electrons. The third-order valence-corrected chi connectivity index (χ3v) is 4.22. The Morgan fingerprint density at radius 3 is 2.53 bits per heavy atom. The molecule has 4 unspecified atom stereocenters. The number of rotatable bonds is 3. The molecule has 2 saturated carbocycles. The van der Waals surface area contributed by atoms with Crippen molar-refractivity contribution < 1.29 is 4.79 Å². The second-order valence-corrected chi connectivity index (χ2v) is 5.42. The summed E-state index contributed by atoms with van der Waals surface area (Å²) >= 11 is 0. The van der Waals surface area contributed by atoms with Gasteiger partial charge in [-0.15, -0.1) is 0 Å². The predicted octanol–water partition coefficient (Wildman–Crippen LogP) is 1.27. The Labute approximate surface area is 91.8 Å². The Bertz CT molecular complexity index is 252. The van der Waals surface area contributed by atoms with Crippen molar-refractivity contribution >= 4 is 5.91 Å². The molecule has 3 heteroatoms. The summed E-state index contributed by atoms with van der Waals surface area (Å²) in [6, 6.07) is -0.0789. The lowest BCUT2D eigenvalue weighted by Crippen LogP contribution is -2.46. The number of carbonyl (C=O) groups excluding carboxylic acids is 1. The van der Waals surface area contributed by atoms with Gasteiger partial charge in [0, 0.05) is 6.04 Å². The molecule has 1 amide bonds. The molecule has 3 N–H and O–H groups in total. The first-order valence-electron chi connectivity index (χ1n) is 6.14. The molecule has 3 nitrogen and oxygen atoms in total. The van der Waals surface area contributed by atoms with E-state index in [1.165, 1.54) is 25.7 Å². The zero-order valence-corrected chi connectivity index (χ0v) is 9.70. The van der Waals surface area contributed by atoms with Gasteiger partial charge < -0.3 is 11.1 Å². The molecule has 2 aliphatic carbocycles. The normalized spacial score (nSPS) is 37.7. The number of carbonyl (C=O) groups is 1. The summed E-state index contributed by atoms with van der Waals surface area (Å²) in [5, 5.41) is 3.04. The van der Waals surface area contributed by atoms with E-state index in [4.69, 9.17) is 5.73 Å². The summed E-state index contributed by atoms with van der Waals surface area (Å²) in [5.74, 6) is 2.49. The first-order chi connectivity index (χ1) is 7.08. The van der Waals surface area contributed by atoms with Crippen LogP contribution in [-0.4, -0.2) is 18.0 Å². The molecule has 2 aliphatic rings. The molecule has 2 fully saturated rings. The van der Waals surface area contributed by atoms with Gasteiger partial charge in [0.2, 0.25) is 5.91 Å². The monoisotopic (exact) mass is 210 g/mol.